The number of amides is 2. The average Bonchev–Trinajstić information content (AvgIpc) is 3.13. The van der Waals surface area contributed by atoms with Crippen LogP contribution in [0.25, 0.3) is 0 Å². The fraction of sp³-hybridized carbons (Fsp3) is 0.500. The van der Waals surface area contributed by atoms with E-state index in [1.54, 1.807) is 42.5 Å². The molecule has 0 radical (unpaired) electrons. The lowest BCUT2D eigenvalue weighted by atomic mass is 9.73. The van der Waals surface area contributed by atoms with Crippen molar-refractivity contribution in [3.8, 4) is 0 Å². The highest BCUT2D eigenvalue weighted by Gasteiger charge is 2.76. The van der Waals surface area contributed by atoms with Crippen molar-refractivity contribution in [2.24, 2.45) is 11.8 Å². The molecular weight excluding hydrogens is 472 g/mol. The molecule has 0 bridgehead atoms. The van der Waals surface area contributed by atoms with Gasteiger partial charge in [-0.25, -0.2) is 0 Å². The number of benzene rings is 1. The zero-order valence-corrected chi connectivity index (χ0v) is 20.5. The Hall–Kier alpha value is -2.68. The lowest BCUT2D eigenvalue weighted by molar-refractivity contribution is -0.159. The first-order valence-electron chi connectivity index (χ1n) is 12.1. The van der Waals surface area contributed by atoms with E-state index in [9.17, 15) is 19.5 Å². The van der Waals surface area contributed by atoms with Gasteiger partial charge in [0.1, 0.15) is 29.8 Å². The summed E-state index contributed by atoms with van der Waals surface area (Å²) in [4.78, 5) is 44.6. The Labute approximate surface area is 209 Å². The lowest BCUT2D eigenvalue weighted by Gasteiger charge is -2.40. The summed E-state index contributed by atoms with van der Waals surface area (Å²) in [6.07, 6.45) is 7.97. The molecule has 186 valence electrons. The van der Waals surface area contributed by atoms with Crippen LogP contribution in [0.3, 0.4) is 0 Å². The molecule has 0 aliphatic carbocycles. The van der Waals surface area contributed by atoms with Crippen molar-refractivity contribution in [3.05, 3.63) is 53.6 Å². The van der Waals surface area contributed by atoms with E-state index in [1.807, 2.05) is 19.9 Å². The van der Waals surface area contributed by atoms with Crippen LogP contribution in [-0.4, -0.2) is 70.8 Å². The van der Waals surface area contributed by atoms with E-state index >= 15 is 0 Å². The second-order valence-corrected chi connectivity index (χ2v) is 9.85. The number of carbonyl (C=O) groups is 3. The Morgan fingerprint density at radius 1 is 1.11 bits per heavy atom. The highest BCUT2D eigenvalue weighted by Crippen LogP contribution is 2.59. The SMILES string of the molecule is CC[C@@H](CO)N1C(=O)[C@@H]2[C@@H]3C(=O)OCC=C[C@]3(CC)O[C@@]23C=CCN(c2ccccc2Cl)C(=O)C13. The summed E-state index contributed by atoms with van der Waals surface area (Å²) in [7, 11) is 0. The topological polar surface area (TPSA) is 96.4 Å². The summed E-state index contributed by atoms with van der Waals surface area (Å²) >= 11 is 6.45. The van der Waals surface area contributed by atoms with Crippen molar-refractivity contribution in [3.63, 3.8) is 0 Å². The van der Waals surface area contributed by atoms with Crippen LogP contribution >= 0.6 is 11.6 Å². The number of fused-ring (bicyclic) bond motifs is 2. The number of rotatable bonds is 5. The van der Waals surface area contributed by atoms with E-state index in [2.05, 4.69) is 0 Å². The maximum Gasteiger partial charge on any atom is 0.313 e. The number of carbonyl (C=O) groups excluding carboxylic acids is 3. The Balaban J connectivity index is 1.71. The van der Waals surface area contributed by atoms with Gasteiger partial charge in [-0.15, -0.1) is 0 Å². The maximum atomic E-state index is 14.3. The molecule has 5 rings (SSSR count). The number of aliphatic hydroxyl groups is 1. The van der Waals surface area contributed by atoms with Crippen LogP contribution in [0.4, 0.5) is 5.69 Å². The molecule has 2 saturated heterocycles. The van der Waals surface area contributed by atoms with E-state index in [4.69, 9.17) is 21.1 Å². The van der Waals surface area contributed by atoms with Crippen molar-refractivity contribution in [2.75, 3.05) is 24.7 Å². The van der Waals surface area contributed by atoms with E-state index in [1.165, 1.54) is 9.80 Å². The number of aliphatic hydroxyl groups excluding tert-OH is 1. The third-order valence-corrected chi connectivity index (χ3v) is 8.17. The van der Waals surface area contributed by atoms with Crippen LogP contribution < -0.4 is 4.90 Å². The molecule has 2 fully saturated rings. The number of nitrogens with zero attached hydrogens (tertiary/aromatic N) is 2. The van der Waals surface area contributed by atoms with Crippen molar-refractivity contribution < 1.29 is 29.0 Å². The Morgan fingerprint density at radius 3 is 2.57 bits per heavy atom. The lowest BCUT2D eigenvalue weighted by Crippen LogP contribution is -2.59. The summed E-state index contributed by atoms with van der Waals surface area (Å²) in [5, 5.41) is 10.6. The number of esters is 1. The first kappa shape index (κ1) is 24.0. The normalized spacial score (nSPS) is 34.7. The number of halogens is 1. The molecule has 4 aliphatic heterocycles. The van der Waals surface area contributed by atoms with Crippen LogP contribution in [0, 0.1) is 11.8 Å². The van der Waals surface area contributed by atoms with Crippen LogP contribution in [0.15, 0.2) is 48.6 Å². The van der Waals surface area contributed by atoms with Gasteiger partial charge < -0.3 is 24.4 Å². The molecule has 2 amide bonds. The van der Waals surface area contributed by atoms with Gasteiger partial charge in [0.15, 0.2) is 0 Å². The van der Waals surface area contributed by atoms with Gasteiger partial charge in [0.2, 0.25) is 5.91 Å². The van der Waals surface area contributed by atoms with Crippen LogP contribution in [0.2, 0.25) is 5.02 Å². The zero-order chi connectivity index (χ0) is 25.0. The summed E-state index contributed by atoms with van der Waals surface area (Å²) in [6.45, 7) is 3.74. The molecular formula is C26H29ClN2O6. The van der Waals surface area contributed by atoms with Crippen molar-refractivity contribution in [2.45, 2.75) is 50.0 Å². The molecule has 6 atom stereocenters. The Bertz CT molecular complexity index is 1120. The standard InChI is InChI=1S/C26H29ClN2O6/c1-3-16(15-30)29-21-23(32)28(18-10-6-5-9-17(18)27)13-7-12-26(21)19(22(29)31)20-24(33)34-14-8-11-25(20,4-2)35-26/h5-12,16,19-21,30H,3-4,13-15H2,1-2H3/t16-,19-,20+,21?,25-,26-/m0/s1. The van der Waals surface area contributed by atoms with E-state index < -0.39 is 41.1 Å². The Kier molecular flexibility index (Phi) is 6.02. The average molecular weight is 501 g/mol. The van der Waals surface area contributed by atoms with Crippen molar-refractivity contribution >= 4 is 35.1 Å². The molecule has 1 aromatic rings. The van der Waals surface area contributed by atoms with Crippen molar-refractivity contribution in [1.82, 2.24) is 4.90 Å². The minimum absolute atomic E-state index is 0.102. The molecule has 1 aromatic carbocycles. The smallest absolute Gasteiger partial charge is 0.313 e. The van der Waals surface area contributed by atoms with Gasteiger partial charge in [-0.05, 0) is 31.1 Å². The van der Waals surface area contributed by atoms with Gasteiger partial charge in [0.25, 0.3) is 5.91 Å². The molecule has 4 aliphatic rings. The van der Waals surface area contributed by atoms with Gasteiger partial charge in [0, 0.05) is 6.54 Å². The van der Waals surface area contributed by atoms with E-state index in [0.29, 0.717) is 23.6 Å². The number of para-hydroxylation sites is 1. The predicted octanol–water partition coefficient (Wildman–Crippen LogP) is 2.49. The number of anilines is 1. The van der Waals surface area contributed by atoms with Crippen LogP contribution in [-0.2, 0) is 23.9 Å². The Morgan fingerprint density at radius 2 is 1.89 bits per heavy atom. The van der Waals surface area contributed by atoms with Gasteiger partial charge in [-0.3, -0.25) is 14.4 Å². The summed E-state index contributed by atoms with van der Waals surface area (Å²) in [5.41, 5.74) is -1.96. The number of cyclic esters (lactones) is 1. The quantitative estimate of drug-likeness (QED) is 0.493. The largest absolute Gasteiger partial charge is 0.461 e. The van der Waals surface area contributed by atoms with Gasteiger partial charge in [-0.2, -0.15) is 0 Å². The third-order valence-electron chi connectivity index (χ3n) is 7.85. The monoisotopic (exact) mass is 500 g/mol. The summed E-state index contributed by atoms with van der Waals surface area (Å²) in [5.74, 6) is -3.15. The third kappa shape index (κ3) is 3.30. The highest BCUT2D eigenvalue weighted by molar-refractivity contribution is 6.34. The summed E-state index contributed by atoms with van der Waals surface area (Å²) in [6, 6.07) is 5.33. The van der Waals surface area contributed by atoms with Crippen LogP contribution in [0.1, 0.15) is 26.7 Å². The second kappa shape index (κ2) is 8.76. The molecule has 4 heterocycles. The molecule has 8 nitrogen and oxygen atoms in total. The fourth-order valence-corrected chi connectivity index (χ4v) is 6.47. The molecule has 0 saturated carbocycles. The van der Waals surface area contributed by atoms with Gasteiger partial charge >= 0.3 is 5.97 Å². The van der Waals surface area contributed by atoms with Crippen LogP contribution in [0.5, 0.6) is 0 Å². The molecule has 9 heteroatoms. The molecule has 1 N–H and O–H groups in total. The van der Waals surface area contributed by atoms with Gasteiger partial charge in [-0.1, -0.05) is 55.8 Å². The molecule has 35 heavy (non-hydrogen) atoms. The van der Waals surface area contributed by atoms with E-state index in [0.717, 1.165) is 0 Å². The number of ether oxygens (including phenoxy) is 2. The summed E-state index contributed by atoms with van der Waals surface area (Å²) < 4.78 is 12.2. The van der Waals surface area contributed by atoms with Crippen molar-refractivity contribution in [1.29, 1.82) is 0 Å². The first-order chi connectivity index (χ1) is 16.8. The minimum atomic E-state index is -1.39. The number of hydrogen-bond donors (Lipinski definition) is 1. The second-order valence-electron chi connectivity index (χ2n) is 9.45. The minimum Gasteiger partial charge on any atom is -0.461 e. The van der Waals surface area contributed by atoms with E-state index in [-0.39, 0.29) is 31.6 Å². The molecule has 1 unspecified atom stereocenters. The number of likely N-dealkylation sites (tertiary alicyclic amines) is 1. The first-order valence-corrected chi connectivity index (χ1v) is 12.4. The predicted molar refractivity (Wildman–Crippen MR) is 129 cm³/mol. The molecule has 0 aromatic heterocycles. The fourth-order valence-electron chi connectivity index (χ4n) is 6.23. The number of hydrogen-bond acceptors (Lipinski definition) is 6. The maximum absolute atomic E-state index is 14.3. The highest BCUT2D eigenvalue weighted by atomic mass is 35.5. The zero-order valence-electron chi connectivity index (χ0n) is 19.7. The molecule has 1 spiro atoms. The van der Waals surface area contributed by atoms with Gasteiger partial charge in [0.05, 0.1) is 29.3 Å².